The summed E-state index contributed by atoms with van der Waals surface area (Å²) in [5.74, 6) is 0.888. The van der Waals surface area contributed by atoms with Crippen LogP contribution in [-0.2, 0) is 23.3 Å². The molecule has 1 atom stereocenters. The Hall–Kier alpha value is -1.57. The third kappa shape index (κ3) is 5.85. The van der Waals surface area contributed by atoms with Crippen molar-refractivity contribution in [2.75, 3.05) is 25.1 Å². The number of aromatic nitrogens is 2. The van der Waals surface area contributed by atoms with Crippen molar-refractivity contribution in [2.24, 2.45) is 12.0 Å². The summed E-state index contributed by atoms with van der Waals surface area (Å²) < 4.78 is 24.9. The van der Waals surface area contributed by atoms with E-state index < -0.39 is 9.84 Å². The molecular formula is C15H29N5O2S. The molecule has 7 nitrogen and oxygen atoms in total. The Morgan fingerprint density at radius 2 is 2.04 bits per heavy atom. The average molecular weight is 343 g/mol. The van der Waals surface area contributed by atoms with Crippen LogP contribution in [0.15, 0.2) is 4.99 Å². The Morgan fingerprint density at radius 3 is 2.52 bits per heavy atom. The molecule has 0 bridgehead atoms. The molecule has 0 aliphatic heterocycles. The van der Waals surface area contributed by atoms with Gasteiger partial charge in [0.05, 0.1) is 11.4 Å². The summed E-state index contributed by atoms with van der Waals surface area (Å²) in [6.07, 6.45) is 0.833. The lowest BCUT2D eigenvalue weighted by atomic mass is 10.1. The number of aliphatic imine (C=N–C) groups is 1. The Labute approximate surface area is 139 Å². The van der Waals surface area contributed by atoms with Crippen molar-refractivity contribution >= 4 is 15.8 Å². The normalized spacial score (nSPS) is 13.9. The summed E-state index contributed by atoms with van der Waals surface area (Å²) >= 11 is 0. The van der Waals surface area contributed by atoms with Gasteiger partial charge in [0, 0.05) is 38.1 Å². The lowest BCUT2D eigenvalue weighted by molar-refractivity contribution is 0.595. The zero-order chi connectivity index (χ0) is 17.6. The van der Waals surface area contributed by atoms with E-state index in [4.69, 9.17) is 0 Å². The van der Waals surface area contributed by atoms with E-state index in [1.165, 1.54) is 5.56 Å². The molecule has 1 aromatic heterocycles. The first-order valence-electron chi connectivity index (χ1n) is 7.86. The minimum atomic E-state index is -2.97. The topological polar surface area (TPSA) is 88.4 Å². The molecule has 0 radical (unpaired) electrons. The summed E-state index contributed by atoms with van der Waals surface area (Å²) in [6, 6.07) is 0.158. The van der Waals surface area contributed by atoms with Gasteiger partial charge in [0.25, 0.3) is 0 Å². The van der Waals surface area contributed by atoms with Crippen molar-refractivity contribution < 1.29 is 8.42 Å². The van der Waals surface area contributed by atoms with Crippen molar-refractivity contribution in [1.29, 1.82) is 0 Å². The standard InChI is InChI=1S/C15H29N5O2S/c1-7-23(21,22)9-8-17-15(16-5)18-11(2)10-14-12(3)19-20(6)13(14)4/h11H,7-10H2,1-6H3,(H2,16,17,18). The monoisotopic (exact) mass is 343 g/mol. The number of rotatable bonds is 7. The fourth-order valence-corrected chi connectivity index (χ4v) is 3.07. The first kappa shape index (κ1) is 19.5. The molecule has 132 valence electrons. The van der Waals surface area contributed by atoms with Gasteiger partial charge in [-0.3, -0.25) is 9.67 Å². The van der Waals surface area contributed by atoms with Gasteiger partial charge in [0.2, 0.25) is 0 Å². The molecular weight excluding hydrogens is 314 g/mol. The van der Waals surface area contributed by atoms with Crippen LogP contribution in [0.25, 0.3) is 0 Å². The first-order chi connectivity index (χ1) is 10.7. The zero-order valence-electron chi connectivity index (χ0n) is 15.0. The molecule has 1 unspecified atom stereocenters. The molecule has 0 saturated carbocycles. The molecule has 23 heavy (non-hydrogen) atoms. The summed E-state index contributed by atoms with van der Waals surface area (Å²) in [7, 11) is 0.655. The van der Waals surface area contributed by atoms with Crippen molar-refractivity contribution in [3.05, 3.63) is 17.0 Å². The number of hydrogen-bond donors (Lipinski definition) is 2. The maximum Gasteiger partial charge on any atom is 0.191 e. The van der Waals surface area contributed by atoms with Gasteiger partial charge in [-0.25, -0.2) is 8.42 Å². The van der Waals surface area contributed by atoms with Gasteiger partial charge in [-0.05, 0) is 32.8 Å². The van der Waals surface area contributed by atoms with Gasteiger partial charge in [0.1, 0.15) is 0 Å². The van der Waals surface area contributed by atoms with E-state index in [-0.39, 0.29) is 17.5 Å². The Kier molecular flexibility index (Phi) is 7.05. The second kappa shape index (κ2) is 8.33. The van der Waals surface area contributed by atoms with Crippen LogP contribution in [-0.4, -0.2) is 55.3 Å². The molecule has 2 N–H and O–H groups in total. The average Bonchev–Trinajstić information content (AvgIpc) is 2.72. The highest BCUT2D eigenvalue weighted by molar-refractivity contribution is 7.91. The molecule has 8 heteroatoms. The molecule has 0 aromatic carbocycles. The predicted molar refractivity (Wildman–Crippen MR) is 94.7 cm³/mol. The zero-order valence-corrected chi connectivity index (χ0v) is 15.8. The van der Waals surface area contributed by atoms with Gasteiger partial charge in [-0.2, -0.15) is 5.10 Å². The molecule has 1 aromatic rings. The van der Waals surface area contributed by atoms with E-state index in [9.17, 15) is 8.42 Å². The largest absolute Gasteiger partial charge is 0.355 e. The van der Waals surface area contributed by atoms with E-state index in [2.05, 4.69) is 34.6 Å². The number of aryl methyl sites for hydroxylation is 2. The Balaban J connectivity index is 2.55. The Bertz CT molecular complexity index is 649. The number of hydrogen-bond acceptors (Lipinski definition) is 4. The van der Waals surface area contributed by atoms with Crippen LogP contribution in [0.1, 0.15) is 30.8 Å². The Morgan fingerprint density at radius 1 is 1.39 bits per heavy atom. The lowest BCUT2D eigenvalue weighted by Gasteiger charge is -2.18. The summed E-state index contributed by atoms with van der Waals surface area (Å²) in [5.41, 5.74) is 3.43. The van der Waals surface area contributed by atoms with Crippen LogP contribution in [0.3, 0.4) is 0 Å². The van der Waals surface area contributed by atoms with Gasteiger partial charge in [-0.1, -0.05) is 6.92 Å². The van der Waals surface area contributed by atoms with Gasteiger partial charge < -0.3 is 10.6 Å². The third-order valence-electron chi connectivity index (χ3n) is 3.92. The predicted octanol–water partition coefficient (Wildman–Crippen LogP) is 0.568. The van der Waals surface area contributed by atoms with Crippen LogP contribution < -0.4 is 10.6 Å². The summed E-state index contributed by atoms with van der Waals surface area (Å²) in [5, 5.41) is 10.8. The minimum Gasteiger partial charge on any atom is -0.355 e. The molecule has 1 rings (SSSR count). The van der Waals surface area contributed by atoms with Gasteiger partial charge in [0.15, 0.2) is 15.8 Å². The number of nitrogens with zero attached hydrogens (tertiary/aromatic N) is 3. The van der Waals surface area contributed by atoms with E-state index in [0.29, 0.717) is 12.5 Å². The van der Waals surface area contributed by atoms with Crippen molar-refractivity contribution in [1.82, 2.24) is 20.4 Å². The van der Waals surface area contributed by atoms with Gasteiger partial charge in [-0.15, -0.1) is 0 Å². The maximum absolute atomic E-state index is 11.5. The maximum atomic E-state index is 11.5. The molecule has 0 aliphatic carbocycles. The minimum absolute atomic E-state index is 0.111. The highest BCUT2D eigenvalue weighted by Gasteiger charge is 2.14. The van der Waals surface area contributed by atoms with Crippen LogP contribution in [0.4, 0.5) is 0 Å². The molecule has 1 heterocycles. The van der Waals surface area contributed by atoms with Crippen LogP contribution in [0.2, 0.25) is 0 Å². The number of nitrogens with one attached hydrogen (secondary N) is 2. The fourth-order valence-electron chi connectivity index (χ4n) is 2.37. The highest BCUT2D eigenvalue weighted by Crippen LogP contribution is 2.14. The van der Waals surface area contributed by atoms with Crippen LogP contribution in [0.5, 0.6) is 0 Å². The quantitative estimate of drug-likeness (QED) is 0.558. The van der Waals surface area contributed by atoms with Crippen molar-refractivity contribution in [3.63, 3.8) is 0 Å². The van der Waals surface area contributed by atoms with Crippen molar-refractivity contribution in [3.8, 4) is 0 Å². The van der Waals surface area contributed by atoms with E-state index >= 15 is 0 Å². The summed E-state index contributed by atoms with van der Waals surface area (Å²) in [4.78, 5) is 4.14. The number of sulfone groups is 1. The fraction of sp³-hybridized carbons (Fsp3) is 0.733. The van der Waals surface area contributed by atoms with Crippen molar-refractivity contribution in [2.45, 2.75) is 40.2 Å². The SMILES string of the molecule is CCS(=O)(=O)CCNC(=NC)NC(C)Cc1c(C)nn(C)c1C. The molecule has 0 aliphatic rings. The first-order valence-corrected chi connectivity index (χ1v) is 9.69. The van der Waals surface area contributed by atoms with Crippen LogP contribution in [0, 0.1) is 13.8 Å². The second-order valence-corrected chi connectivity index (χ2v) is 8.23. The lowest BCUT2D eigenvalue weighted by Crippen LogP contribution is -2.44. The van der Waals surface area contributed by atoms with E-state index in [0.717, 1.165) is 17.8 Å². The van der Waals surface area contributed by atoms with E-state index in [1.54, 1.807) is 14.0 Å². The molecule has 0 saturated heterocycles. The molecule has 0 spiro atoms. The second-order valence-electron chi connectivity index (χ2n) is 5.76. The highest BCUT2D eigenvalue weighted by atomic mass is 32.2. The smallest absolute Gasteiger partial charge is 0.191 e. The van der Waals surface area contributed by atoms with E-state index in [1.807, 2.05) is 18.7 Å². The number of guanidine groups is 1. The van der Waals surface area contributed by atoms with Gasteiger partial charge >= 0.3 is 0 Å². The third-order valence-corrected chi connectivity index (χ3v) is 5.63. The summed E-state index contributed by atoms with van der Waals surface area (Å²) in [6.45, 7) is 8.15. The molecule has 0 fully saturated rings. The van der Waals surface area contributed by atoms with Crippen LogP contribution >= 0.6 is 0 Å². The molecule has 0 amide bonds.